The summed E-state index contributed by atoms with van der Waals surface area (Å²) in [5.74, 6) is 1.00. The van der Waals surface area contributed by atoms with Gasteiger partial charge in [-0.1, -0.05) is 18.9 Å². The van der Waals surface area contributed by atoms with Crippen LogP contribution in [-0.2, 0) is 0 Å². The highest BCUT2D eigenvalue weighted by Gasteiger charge is 2.23. The molecule has 0 amide bonds. The molecule has 1 fully saturated rings. The number of hydrogen-bond donors (Lipinski definition) is 1. The molecule has 1 unspecified atom stereocenters. The molecule has 2 heteroatoms. The summed E-state index contributed by atoms with van der Waals surface area (Å²) in [6.07, 6.45) is 4.21. The molecule has 1 aromatic rings. The molecular weight excluding hydrogens is 285 g/mol. The number of rotatable bonds is 4. The second-order valence-corrected chi connectivity index (χ2v) is 5.48. The highest BCUT2D eigenvalue weighted by atomic mass is 127. The van der Waals surface area contributed by atoms with Gasteiger partial charge in [-0.05, 0) is 60.1 Å². The summed E-state index contributed by atoms with van der Waals surface area (Å²) in [6.45, 7) is 2.28. The molecule has 0 aromatic heterocycles. The molecular formula is C12H16IN. The van der Waals surface area contributed by atoms with Crippen LogP contribution in [-0.4, -0.2) is 6.04 Å². The second kappa shape index (κ2) is 4.51. The van der Waals surface area contributed by atoms with Gasteiger partial charge in [-0.3, -0.25) is 0 Å². The number of nitrogens with one attached hydrogen (secondary N) is 1. The predicted octanol–water partition coefficient (Wildman–Crippen LogP) is 3.89. The van der Waals surface area contributed by atoms with Crippen molar-refractivity contribution in [1.82, 2.24) is 0 Å². The molecule has 76 valence electrons. The fraction of sp³-hybridized carbons (Fsp3) is 0.500. The van der Waals surface area contributed by atoms with Crippen molar-refractivity contribution < 1.29 is 0 Å². The molecule has 1 aromatic carbocycles. The van der Waals surface area contributed by atoms with Gasteiger partial charge in [0.15, 0.2) is 0 Å². The molecule has 0 bridgehead atoms. The van der Waals surface area contributed by atoms with Crippen LogP contribution in [0.3, 0.4) is 0 Å². The standard InChI is InChI=1S/C12H16IN/c1-9(7-10-5-6-10)14-12-4-2-3-11(13)8-12/h2-4,8-10,14H,5-7H2,1H3. The average Bonchev–Trinajstić information content (AvgIpc) is 2.87. The smallest absolute Gasteiger partial charge is 0.0352 e. The van der Waals surface area contributed by atoms with E-state index in [1.165, 1.54) is 28.5 Å². The molecule has 1 saturated carbocycles. The Morgan fingerprint density at radius 3 is 2.93 bits per heavy atom. The van der Waals surface area contributed by atoms with E-state index < -0.39 is 0 Å². The van der Waals surface area contributed by atoms with Crippen LogP contribution >= 0.6 is 22.6 Å². The third-order valence-corrected chi connectivity index (χ3v) is 3.29. The lowest BCUT2D eigenvalue weighted by molar-refractivity contribution is 0.642. The monoisotopic (exact) mass is 301 g/mol. The van der Waals surface area contributed by atoms with Gasteiger partial charge in [0.05, 0.1) is 0 Å². The van der Waals surface area contributed by atoms with Gasteiger partial charge in [-0.2, -0.15) is 0 Å². The Morgan fingerprint density at radius 1 is 1.50 bits per heavy atom. The molecule has 1 atom stereocenters. The molecule has 1 aliphatic rings. The first-order valence-corrected chi connectivity index (χ1v) is 6.34. The zero-order valence-corrected chi connectivity index (χ0v) is 10.6. The van der Waals surface area contributed by atoms with E-state index in [9.17, 15) is 0 Å². The topological polar surface area (TPSA) is 12.0 Å². The maximum atomic E-state index is 3.55. The summed E-state index contributed by atoms with van der Waals surface area (Å²) in [6, 6.07) is 9.18. The Balaban J connectivity index is 1.88. The molecule has 1 N–H and O–H groups in total. The molecule has 0 aliphatic heterocycles. The number of benzene rings is 1. The van der Waals surface area contributed by atoms with Crippen molar-refractivity contribution in [3.63, 3.8) is 0 Å². The van der Waals surface area contributed by atoms with Crippen LogP contribution < -0.4 is 5.32 Å². The third-order valence-electron chi connectivity index (χ3n) is 2.62. The zero-order chi connectivity index (χ0) is 9.97. The molecule has 0 heterocycles. The fourth-order valence-corrected chi connectivity index (χ4v) is 2.32. The van der Waals surface area contributed by atoms with Crippen LogP contribution in [0, 0.1) is 9.49 Å². The summed E-state index contributed by atoms with van der Waals surface area (Å²) >= 11 is 2.35. The van der Waals surface area contributed by atoms with Gasteiger partial charge in [0.25, 0.3) is 0 Å². The van der Waals surface area contributed by atoms with Crippen molar-refractivity contribution >= 4 is 28.3 Å². The average molecular weight is 301 g/mol. The van der Waals surface area contributed by atoms with Crippen LogP contribution in [0.2, 0.25) is 0 Å². The SMILES string of the molecule is CC(CC1CC1)Nc1cccc(I)c1. The molecule has 14 heavy (non-hydrogen) atoms. The van der Waals surface area contributed by atoms with E-state index >= 15 is 0 Å². The van der Waals surface area contributed by atoms with Gasteiger partial charge in [-0.25, -0.2) is 0 Å². The first-order valence-electron chi connectivity index (χ1n) is 5.26. The normalized spacial score (nSPS) is 17.9. The molecule has 0 saturated heterocycles. The van der Waals surface area contributed by atoms with E-state index in [0.29, 0.717) is 6.04 Å². The lowest BCUT2D eigenvalue weighted by Crippen LogP contribution is -2.15. The van der Waals surface area contributed by atoms with E-state index in [2.05, 4.69) is 59.1 Å². The Kier molecular flexibility index (Phi) is 3.31. The van der Waals surface area contributed by atoms with Crippen LogP contribution in [0.4, 0.5) is 5.69 Å². The molecule has 1 aliphatic carbocycles. The molecule has 1 nitrogen and oxygen atoms in total. The maximum absolute atomic E-state index is 3.55. The van der Waals surface area contributed by atoms with Gasteiger partial charge in [-0.15, -0.1) is 0 Å². The van der Waals surface area contributed by atoms with E-state index in [4.69, 9.17) is 0 Å². The molecule has 0 radical (unpaired) electrons. The van der Waals surface area contributed by atoms with Crippen molar-refractivity contribution in [2.24, 2.45) is 5.92 Å². The van der Waals surface area contributed by atoms with Gasteiger partial charge in [0.2, 0.25) is 0 Å². The second-order valence-electron chi connectivity index (χ2n) is 4.23. The predicted molar refractivity (Wildman–Crippen MR) is 69.6 cm³/mol. The summed E-state index contributed by atoms with van der Waals surface area (Å²) in [4.78, 5) is 0. The van der Waals surface area contributed by atoms with Crippen molar-refractivity contribution in [3.8, 4) is 0 Å². The lowest BCUT2D eigenvalue weighted by atomic mass is 10.1. The van der Waals surface area contributed by atoms with E-state index in [-0.39, 0.29) is 0 Å². The minimum absolute atomic E-state index is 0.612. The quantitative estimate of drug-likeness (QED) is 0.832. The zero-order valence-electron chi connectivity index (χ0n) is 8.46. The molecule has 2 rings (SSSR count). The summed E-state index contributed by atoms with van der Waals surface area (Å²) < 4.78 is 1.30. The van der Waals surface area contributed by atoms with Crippen LogP contribution in [0.1, 0.15) is 26.2 Å². The molecule has 0 spiro atoms. The third kappa shape index (κ3) is 3.15. The number of anilines is 1. The summed E-state index contributed by atoms with van der Waals surface area (Å²) in [5, 5.41) is 3.55. The van der Waals surface area contributed by atoms with Crippen molar-refractivity contribution in [1.29, 1.82) is 0 Å². The van der Waals surface area contributed by atoms with Gasteiger partial charge in [0, 0.05) is 15.3 Å². The first-order chi connectivity index (χ1) is 6.74. The van der Waals surface area contributed by atoms with E-state index in [1.54, 1.807) is 0 Å². The van der Waals surface area contributed by atoms with Crippen LogP contribution in [0.15, 0.2) is 24.3 Å². The summed E-state index contributed by atoms with van der Waals surface area (Å²) in [7, 11) is 0. The Hall–Kier alpha value is -0.250. The van der Waals surface area contributed by atoms with Crippen LogP contribution in [0.5, 0.6) is 0 Å². The Bertz CT molecular complexity index is 307. The Morgan fingerprint density at radius 2 is 2.29 bits per heavy atom. The van der Waals surface area contributed by atoms with Crippen LogP contribution in [0.25, 0.3) is 0 Å². The highest BCUT2D eigenvalue weighted by Crippen LogP contribution is 2.34. The summed E-state index contributed by atoms with van der Waals surface area (Å²) in [5.41, 5.74) is 1.25. The highest BCUT2D eigenvalue weighted by molar-refractivity contribution is 14.1. The van der Waals surface area contributed by atoms with Crippen molar-refractivity contribution in [2.75, 3.05) is 5.32 Å². The number of hydrogen-bond acceptors (Lipinski definition) is 1. The fourth-order valence-electron chi connectivity index (χ4n) is 1.78. The maximum Gasteiger partial charge on any atom is 0.0352 e. The van der Waals surface area contributed by atoms with E-state index in [1.807, 2.05) is 0 Å². The van der Waals surface area contributed by atoms with Crippen molar-refractivity contribution in [2.45, 2.75) is 32.2 Å². The largest absolute Gasteiger partial charge is 0.383 e. The van der Waals surface area contributed by atoms with Gasteiger partial charge >= 0.3 is 0 Å². The minimum Gasteiger partial charge on any atom is -0.383 e. The van der Waals surface area contributed by atoms with E-state index in [0.717, 1.165) is 5.92 Å². The lowest BCUT2D eigenvalue weighted by Gasteiger charge is -2.14. The van der Waals surface area contributed by atoms with Gasteiger partial charge in [0.1, 0.15) is 0 Å². The Labute approximate surface area is 99.4 Å². The minimum atomic E-state index is 0.612. The number of halogens is 1. The van der Waals surface area contributed by atoms with Gasteiger partial charge < -0.3 is 5.32 Å². The first kappa shape index (κ1) is 10.3. The van der Waals surface area contributed by atoms with Crippen molar-refractivity contribution in [3.05, 3.63) is 27.8 Å².